The van der Waals surface area contributed by atoms with Gasteiger partial charge in [-0.05, 0) is 61.6 Å². The minimum Gasteiger partial charge on any atom is -0.484 e. The molecular weight excluding hydrogens is 314 g/mol. The van der Waals surface area contributed by atoms with Gasteiger partial charge in [0.1, 0.15) is 17.1 Å². The van der Waals surface area contributed by atoms with E-state index in [0.29, 0.717) is 0 Å². The molecule has 0 saturated heterocycles. The maximum atomic E-state index is 12.2. The molecule has 1 heterocycles. The Morgan fingerprint density at radius 2 is 2.00 bits per heavy atom. The zero-order valence-electron chi connectivity index (χ0n) is 14.2. The molecule has 0 radical (unpaired) electrons. The van der Waals surface area contributed by atoms with Crippen LogP contribution in [0.15, 0.2) is 52.9 Å². The Hall–Kier alpha value is -2.75. The van der Waals surface area contributed by atoms with Crippen molar-refractivity contribution in [2.45, 2.75) is 32.2 Å². The van der Waals surface area contributed by atoms with E-state index >= 15 is 0 Å². The second kappa shape index (κ2) is 6.63. The Labute approximate surface area is 146 Å². The number of nitrogens with one attached hydrogen (secondary N) is 1. The molecule has 1 amide bonds. The number of fused-ring (bicyclic) bond motifs is 2. The van der Waals surface area contributed by atoms with E-state index in [0.717, 1.165) is 35.3 Å². The normalized spacial score (nSPS) is 14.3. The average Bonchev–Trinajstić information content (AvgIpc) is 3.25. The molecule has 4 heteroatoms. The van der Waals surface area contributed by atoms with Gasteiger partial charge in [-0.1, -0.05) is 24.3 Å². The van der Waals surface area contributed by atoms with Crippen LogP contribution in [0.2, 0.25) is 0 Å². The van der Waals surface area contributed by atoms with E-state index in [-0.39, 0.29) is 18.6 Å². The lowest BCUT2D eigenvalue weighted by Crippen LogP contribution is -2.31. The number of ether oxygens (including phenoxy) is 1. The number of rotatable bonds is 5. The van der Waals surface area contributed by atoms with E-state index in [1.807, 2.05) is 43.3 Å². The first-order valence-electron chi connectivity index (χ1n) is 8.71. The number of amides is 1. The monoisotopic (exact) mass is 335 g/mol. The summed E-state index contributed by atoms with van der Waals surface area (Å²) in [6, 6.07) is 15.7. The summed E-state index contributed by atoms with van der Waals surface area (Å²) in [6.07, 6.45) is 3.45. The number of carbonyl (C=O) groups is 1. The van der Waals surface area contributed by atoms with Crippen LogP contribution < -0.4 is 10.1 Å². The lowest BCUT2D eigenvalue weighted by molar-refractivity contribution is -0.123. The first kappa shape index (κ1) is 15.8. The van der Waals surface area contributed by atoms with Crippen molar-refractivity contribution in [1.82, 2.24) is 5.32 Å². The Bertz CT molecular complexity index is 879. The summed E-state index contributed by atoms with van der Waals surface area (Å²) in [5.74, 6) is 1.34. The van der Waals surface area contributed by atoms with Crippen LogP contribution in [-0.4, -0.2) is 12.5 Å². The third-order valence-electron chi connectivity index (χ3n) is 4.69. The van der Waals surface area contributed by atoms with E-state index in [1.165, 1.54) is 17.5 Å². The molecule has 25 heavy (non-hydrogen) atoms. The molecule has 0 fully saturated rings. The molecule has 1 atom stereocenters. The SMILES string of the molecule is C[C@H](NC(=O)COc1ccc2c(c1)CCC2)c1cc2ccccc2o1. The fourth-order valence-corrected chi connectivity index (χ4v) is 3.36. The van der Waals surface area contributed by atoms with Gasteiger partial charge in [-0.15, -0.1) is 0 Å². The average molecular weight is 335 g/mol. The summed E-state index contributed by atoms with van der Waals surface area (Å²) < 4.78 is 11.4. The van der Waals surface area contributed by atoms with Crippen LogP contribution >= 0.6 is 0 Å². The molecule has 0 spiro atoms. The van der Waals surface area contributed by atoms with E-state index in [1.54, 1.807) is 0 Å². The highest BCUT2D eigenvalue weighted by Gasteiger charge is 2.15. The molecule has 4 nitrogen and oxygen atoms in total. The van der Waals surface area contributed by atoms with Gasteiger partial charge in [-0.2, -0.15) is 0 Å². The molecule has 4 rings (SSSR count). The number of hydrogen-bond donors (Lipinski definition) is 1. The van der Waals surface area contributed by atoms with Crippen LogP contribution in [-0.2, 0) is 17.6 Å². The highest BCUT2D eigenvalue weighted by molar-refractivity contribution is 5.79. The standard InChI is InChI=1S/C21H21NO3/c1-14(20-12-17-5-2-3-8-19(17)25-20)22-21(23)13-24-18-10-9-15-6-4-7-16(15)11-18/h2-3,5,8-12,14H,4,6-7,13H2,1H3,(H,22,23)/t14-/m0/s1. The van der Waals surface area contributed by atoms with Crippen LogP contribution in [0.3, 0.4) is 0 Å². The van der Waals surface area contributed by atoms with Crippen molar-refractivity contribution in [3.63, 3.8) is 0 Å². The van der Waals surface area contributed by atoms with Gasteiger partial charge in [0.05, 0.1) is 6.04 Å². The van der Waals surface area contributed by atoms with Gasteiger partial charge in [0.15, 0.2) is 6.61 Å². The molecule has 128 valence electrons. The van der Waals surface area contributed by atoms with Gasteiger partial charge in [0.2, 0.25) is 0 Å². The second-order valence-electron chi connectivity index (χ2n) is 6.55. The summed E-state index contributed by atoms with van der Waals surface area (Å²) in [6.45, 7) is 1.91. The summed E-state index contributed by atoms with van der Waals surface area (Å²) in [5.41, 5.74) is 3.57. The van der Waals surface area contributed by atoms with Crippen molar-refractivity contribution >= 4 is 16.9 Å². The third-order valence-corrected chi connectivity index (χ3v) is 4.69. The van der Waals surface area contributed by atoms with Gasteiger partial charge >= 0.3 is 0 Å². The lowest BCUT2D eigenvalue weighted by Gasteiger charge is -2.12. The second-order valence-corrected chi connectivity index (χ2v) is 6.55. The molecule has 1 N–H and O–H groups in total. The summed E-state index contributed by atoms with van der Waals surface area (Å²) in [4.78, 5) is 12.2. The van der Waals surface area contributed by atoms with E-state index in [4.69, 9.17) is 9.15 Å². The van der Waals surface area contributed by atoms with Crippen molar-refractivity contribution < 1.29 is 13.9 Å². The molecular formula is C21H21NO3. The van der Waals surface area contributed by atoms with Gasteiger partial charge < -0.3 is 14.5 Å². The molecule has 1 aliphatic carbocycles. The summed E-state index contributed by atoms with van der Waals surface area (Å²) in [5, 5.41) is 3.96. The Morgan fingerprint density at radius 1 is 1.16 bits per heavy atom. The number of aryl methyl sites for hydroxylation is 2. The predicted octanol–water partition coefficient (Wildman–Crippen LogP) is 4.18. The number of benzene rings is 2. The predicted molar refractivity (Wildman–Crippen MR) is 96.7 cm³/mol. The fourth-order valence-electron chi connectivity index (χ4n) is 3.36. The van der Waals surface area contributed by atoms with Crippen LogP contribution in [0.5, 0.6) is 5.75 Å². The van der Waals surface area contributed by atoms with Crippen molar-refractivity contribution in [3.05, 3.63) is 65.4 Å². The maximum absolute atomic E-state index is 12.2. The van der Waals surface area contributed by atoms with E-state index in [9.17, 15) is 4.79 Å². The number of carbonyl (C=O) groups excluding carboxylic acids is 1. The lowest BCUT2D eigenvalue weighted by atomic mass is 10.1. The highest BCUT2D eigenvalue weighted by atomic mass is 16.5. The fraction of sp³-hybridized carbons (Fsp3) is 0.286. The van der Waals surface area contributed by atoms with Crippen LogP contribution in [0, 0.1) is 0 Å². The van der Waals surface area contributed by atoms with Crippen molar-refractivity contribution in [3.8, 4) is 5.75 Å². The minimum absolute atomic E-state index is 0.00333. The molecule has 0 bridgehead atoms. The molecule has 0 unspecified atom stereocenters. The van der Waals surface area contributed by atoms with Gasteiger partial charge in [-0.3, -0.25) is 4.79 Å². The van der Waals surface area contributed by atoms with Gasteiger partial charge in [0, 0.05) is 5.39 Å². The Kier molecular flexibility index (Phi) is 4.18. The van der Waals surface area contributed by atoms with E-state index < -0.39 is 0 Å². The smallest absolute Gasteiger partial charge is 0.258 e. The van der Waals surface area contributed by atoms with E-state index in [2.05, 4.69) is 17.4 Å². The van der Waals surface area contributed by atoms with Crippen molar-refractivity contribution in [2.24, 2.45) is 0 Å². The van der Waals surface area contributed by atoms with Gasteiger partial charge in [-0.25, -0.2) is 0 Å². The Balaban J connectivity index is 1.35. The Morgan fingerprint density at radius 3 is 2.88 bits per heavy atom. The zero-order valence-corrected chi connectivity index (χ0v) is 14.2. The van der Waals surface area contributed by atoms with Crippen molar-refractivity contribution in [2.75, 3.05) is 6.61 Å². The molecule has 2 aromatic carbocycles. The van der Waals surface area contributed by atoms with Crippen LogP contribution in [0.1, 0.15) is 36.3 Å². The third kappa shape index (κ3) is 3.38. The highest BCUT2D eigenvalue weighted by Crippen LogP contribution is 2.26. The first-order valence-corrected chi connectivity index (χ1v) is 8.71. The summed E-state index contributed by atoms with van der Waals surface area (Å²) in [7, 11) is 0. The molecule has 0 saturated carbocycles. The quantitative estimate of drug-likeness (QED) is 0.761. The van der Waals surface area contributed by atoms with Crippen LogP contribution in [0.25, 0.3) is 11.0 Å². The first-order chi connectivity index (χ1) is 12.2. The topological polar surface area (TPSA) is 51.5 Å². The number of hydrogen-bond acceptors (Lipinski definition) is 3. The maximum Gasteiger partial charge on any atom is 0.258 e. The molecule has 3 aromatic rings. The number of para-hydroxylation sites is 1. The molecule has 1 aliphatic rings. The molecule has 0 aliphatic heterocycles. The van der Waals surface area contributed by atoms with Gasteiger partial charge in [0.25, 0.3) is 5.91 Å². The number of furan rings is 1. The summed E-state index contributed by atoms with van der Waals surface area (Å²) >= 11 is 0. The van der Waals surface area contributed by atoms with Crippen LogP contribution in [0.4, 0.5) is 0 Å². The molecule has 1 aromatic heterocycles. The largest absolute Gasteiger partial charge is 0.484 e. The van der Waals surface area contributed by atoms with Crippen molar-refractivity contribution in [1.29, 1.82) is 0 Å². The minimum atomic E-state index is -0.205. The zero-order chi connectivity index (χ0) is 17.2.